The highest BCUT2D eigenvalue weighted by Crippen LogP contribution is 2.38. The number of amides is 2. The summed E-state index contributed by atoms with van der Waals surface area (Å²) >= 11 is 6.32. The number of primary amides is 1. The Morgan fingerprint density at radius 3 is 2.54 bits per heavy atom. The van der Waals surface area contributed by atoms with Crippen LogP contribution in [0.15, 0.2) is 18.2 Å². The number of ether oxygens (including phenoxy) is 1. The minimum Gasteiger partial charge on any atom is -0.370 e. The van der Waals surface area contributed by atoms with Gasteiger partial charge in [-0.25, -0.2) is 0 Å². The van der Waals surface area contributed by atoms with E-state index in [4.69, 9.17) is 22.1 Å². The minimum absolute atomic E-state index is 0.0662. The lowest BCUT2D eigenvalue weighted by Gasteiger charge is -2.30. The maximum atomic E-state index is 12.6. The van der Waals surface area contributed by atoms with Crippen LogP contribution in [0, 0.1) is 18.8 Å². The number of carbonyl (C=O) groups is 2. The van der Waals surface area contributed by atoms with Crippen molar-refractivity contribution in [3.8, 4) is 0 Å². The first-order chi connectivity index (χ1) is 13.4. The summed E-state index contributed by atoms with van der Waals surface area (Å²) in [6.45, 7) is 5.94. The average Bonchev–Trinajstić information content (AvgIpc) is 3.37. The summed E-state index contributed by atoms with van der Waals surface area (Å²) in [5.74, 6) is 0.703. The number of likely N-dealkylation sites (tertiary alicyclic amines) is 2. The van der Waals surface area contributed by atoms with Crippen molar-refractivity contribution in [2.45, 2.75) is 38.3 Å². The normalized spacial score (nSPS) is 28.5. The molecule has 152 valence electrons. The highest BCUT2D eigenvalue weighted by atomic mass is 35.5. The van der Waals surface area contributed by atoms with Crippen LogP contribution in [0.3, 0.4) is 0 Å². The van der Waals surface area contributed by atoms with Gasteiger partial charge in [-0.1, -0.05) is 23.7 Å². The summed E-state index contributed by atoms with van der Waals surface area (Å²) in [4.78, 5) is 28.7. The largest absolute Gasteiger partial charge is 0.370 e. The van der Waals surface area contributed by atoms with Crippen molar-refractivity contribution in [2.24, 2.45) is 17.6 Å². The molecule has 28 heavy (non-hydrogen) atoms. The van der Waals surface area contributed by atoms with E-state index >= 15 is 0 Å². The van der Waals surface area contributed by atoms with E-state index < -0.39 is 0 Å². The molecule has 1 aromatic carbocycles. The second-order valence-corrected chi connectivity index (χ2v) is 8.82. The van der Waals surface area contributed by atoms with Gasteiger partial charge in [0.1, 0.15) is 6.10 Å². The molecule has 1 aromatic rings. The summed E-state index contributed by atoms with van der Waals surface area (Å²) in [7, 11) is 0. The smallest absolute Gasteiger partial charge is 0.251 e. The molecule has 2 amide bonds. The first-order valence-electron chi connectivity index (χ1n) is 10.1. The third-order valence-corrected chi connectivity index (χ3v) is 6.85. The molecule has 2 N–H and O–H groups in total. The van der Waals surface area contributed by atoms with Crippen molar-refractivity contribution in [1.82, 2.24) is 9.80 Å². The Morgan fingerprint density at radius 2 is 1.96 bits per heavy atom. The highest BCUT2D eigenvalue weighted by molar-refractivity contribution is 6.31. The summed E-state index contributed by atoms with van der Waals surface area (Å²) < 4.78 is 5.57. The van der Waals surface area contributed by atoms with Crippen LogP contribution in [0.2, 0.25) is 5.02 Å². The number of nitrogens with zero attached hydrogens (tertiary/aromatic N) is 2. The molecule has 3 fully saturated rings. The molecule has 3 saturated heterocycles. The molecular formula is C21H28ClN3O3. The van der Waals surface area contributed by atoms with E-state index in [9.17, 15) is 9.59 Å². The Labute approximate surface area is 170 Å². The van der Waals surface area contributed by atoms with Gasteiger partial charge in [0.2, 0.25) is 5.91 Å². The van der Waals surface area contributed by atoms with Gasteiger partial charge in [-0.3, -0.25) is 14.5 Å². The molecule has 4 rings (SSSR count). The number of nitrogens with two attached hydrogens (primary N) is 1. The van der Waals surface area contributed by atoms with Crippen LogP contribution in [0.1, 0.15) is 36.4 Å². The Kier molecular flexibility index (Phi) is 5.63. The lowest BCUT2D eigenvalue weighted by molar-refractivity contribution is -0.140. The van der Waals surface area contributed by atoms with Gasteiger partial charge in [0.15, 0.2) is 0 Å². The fourth-order valence-corrected chi connectivity index (χ4v) is 5.09. The highest BCUT2D eigenvalue weighted by Gasteiger charge is 2.45. The number of hydrogen-bond donors (Lipinski definition) is 1. The van der Waals surface area contributed by atoms with E-state index in [0.29, 0.717) is 23.5 Å². The van der Waals surface area contributed by atoms with Crippen molar-refractivity contribution in [1.29, 1.82) is 0 Å². The molecule has 3 aliphatic heterocycles. The Balaban J connectivity index is 1.44. The molecule has 0 aromatic heterocycles. The number of hydrogen-bond acceptors (Lipinski definition) is 4. The van der Waals surface area contributed by atoms with Gasteiger partial charge in [0.25, 0.3) is 5.91 Å². The van der Waals surface area contributed by atoms with Crippen molar-refractivity contribution in [2.75, 3.05) is 32.8 Å². The standard InChI is InChI=1S/C21H28ClN3O3/c1-13-4-5-14(7-17(13)22)18(8-20(23)26)24-9-15-11-25(12-16(15)10-24)21(27)19-3-2-6-28-19/h4-5,7,15-16,18-19H,2-3,6,8-12H2,1H3,(H2,23,26). The summed E-state index contributed by atoms with van der Waals surface area (Å²) in [6, 6.07) is 5.91. The van der Waals surface area contributed by atoms with Crippen molar-refractivity contribution in [3.63, 3.8) is 0 Å². The number of rotatable bonds is 5. The Bertz CT molecular complexity index is 751. The summed E-state index contributed by atoms with van der Waals surface area (Å²) in [5.41, 5.74) is 7.60. The molecule has 0 bridgehead atoms. The van der Waals surface area contributed by atoms with Crippen LogP contribution in [0.5, 0.6) is 0 Å². The predicted molar refractivity (Wildman–Crippen MR) is 107 cm³/mol. The minimum atomic E-state index is -0.311. The van der Waals surface area contributed by atoms with Gasteiger partial charge in [-0.05, 0) is 48.8 Å². The quantitative estimate of drug-likeness (QED) is 0.814. The average molecular weight is 406 g/mol. The molecule has 7 heteroatoms. The molecule has 4 atom stereocenters. The van der Waals surface area contributed by atoms with Crippen LogP contribution >= 0.6 is 11.6 Å². The molecule has 3 aliphatic rings. The van der Waals surface area contributed by atoms with E-state index in [1.807, 2.05) is 30.0 Å². The maximum absolute atomic E-state index is 12.6. The van der Waals surface area contributed by atoms with Crippen molar-refractivity contribution >= 4 is 23.4 Å². The van der Waals surface area contributed by atoms with E-state index in [1.165, 1.54) is 0 Å². The third-order valence-electron chi connectivity index (χ3n) is 6.45. The Hall–Kier alpha value is -1.63. The number of carbonyl (C=O) groups excluding carboxylic acids is 2. The Morgan fingerprint density at radius 1 is 1.25 bits per heavy atom. The van der Waals surface area contributed by atoms with E-state index in [0.717, 1.165) is 50.1 Å². The third kappa shape index (κ3) is 3.91. The number of fused-ring (bicyclic) bond motifs is 1. The van der Waals surface area contributed by atoms with Crippen molar-refractivity contribution < 1.29 is 14.3 Å². The maximum Gasteiger partial charge on any atom is 0.251 e. The van der Waals surface area contributed by atoms with E-state index in [-0.39, 0.29) is 30.4 Å². The van der Waals surface area contributed by atoms with E-state index in [1.54, 1.807) is 0 Å². The number of benzene rings is 1. The number of aryl methyl sites for hydroxylation is 1. The molecule has 0 saturated carbocycles. The topological polar surface area (TPSA) is 75.9 Å². The van der Waals surface area contributed by atoms with Crippen LogP contribution in [-0.4, -0.2) is 60.5 Å². The van der Waals surface area contributed by atoms with Gasteiger partial charge < -0.3 is 15.4 Å². The lowest BCUT2D eigenvalue weighted by atomic mass is 10.0. The second-order valence-electron chi connectivity index (χ2n) is 8.41. The molecule has 0 radical (unpaired) electrons. The first-order valence-corrected chi connectivity index (χ1v) is 10.5. The zero-order valence-corrected chi connectivity index (χ0v) is 17.0. The second kappa shape index (κ2) is 8.01. The molecular weight excluding hydrogens is 378 g/mol. The molecule has 0 spiro atoms. The molecule has 4 unspecified atom stereocenters. The fraction of sp³-hybridized carbons (Fsp3) is 0.619. The van der Waals surface area contributed by atoms with Crippen LogP contribution in [0.4, 0.5) is 0 Å². The fourth-order valence-electron chi connectivity index (χ4n) is 4.90. The van der Waals surface area contributed by atoms with Crippen molar-refractivity contribution in [3.05, 3.63) is 34.3 Å². The molecule has 3 heterocycles. The zero-order valence-electron chi connectivity index (χ0n) is 16.3. The van der Waals surface area contributed by atoms with Gasteiger partial charge in [-0.15, -0.1) is 0 Å². The van der Waals surface area contributed by atoms with Gasteiger partial charge in [0, 0.05) is 50.3 Å². The lowest BCUT2D eigenvalue weighted by Crippen LogP contribution is -2.40. The molecule has 6 nitrogen and oxygen atoms in total. The molecule has 0 aliphatic carbocycles. The zero-order chi connectivity index (χ0) is 19.8. The predicted octanol–water partition coefficient (Wildman–Crippen LogP) is 2.13. The SMILES string of the molecule is Cc1ccc(C(CC(N)=O)N2CC3CN(C(=O)C4CCCO4)CC3C2)cc1Cl. The van der Waals surface area contributed by atoms with Gasteiger partial charge >= 0.3 is 0 Å². The van der Waals surface area contributed by atoms with E-state index in [2.05, 4.69) is 4.90 Å². The van der Waals surface area contributed by atoms with Crippen LogP contribution in [-0.2, 0) is 14.3 Å². The first kappa shape index (κ1) is 19.7. The van der Waals surface area contributed by atoms with Gasteiger partial charge in [-0.2, -0.15) is 0 Å². The monoisotopic (exact) mass is 405 g/mol. The summed E-state index contributed by atoms with van der Waals surface area (Å²) in [6.07, 6.45) is 1.84. The van der Waals surface area contributed by atoms with Crippen LogP contribution < -0.4 is 5.73 Å². The summed E-state index contributed by atoms with van der Waals surface area (Å²) in [5, 5.41) is 0.708. The van der Waals surface area contributed by atoms with Crippen LogP contribution in [0.25, 0.3) is 0 Å². The number of halogens is 1. The van der Waals surface area contributed by atoms with Gasteiger partial charge in [0.05, 0.1) is 0 Å².